The van der Waals surface area contributed by atoms with Crippen molar-refractivity contribution in [1.82, 2.24) is 9.80 Å². The van der Waals surface area contributed by atoms with Crippen LogP contribution in [-0.2, 0) is 16.0 Å². The third-order valence-corrected chi connectivity index (χ3v) is 6.20. The summed E-state index contributed by atoms with van der Waals surface area (Å²) in [6.07, 6.45) is 5.26. The molecule has 0 aliphatic carbocycles. The molecule has 0 N–H and O–H groups in total. The number of methoxy groups -OCH3 is 1. The lowest BCUT2D eigenvalue weighted by Crippen LogP contribution is -2.45. The van der Waals surface area contributed by atoms with E-state index in [1.807, 2.05) is 6.07 Å². The Morgan fingerprint density at radius 1 is 1.29 bits per heavy atom. The van der Waals surface area contributed by atoms with Crippen LogP contribution in [0.25, 0.3) is 0 Å². The van der Waals surface area contributed by atoms with E-state index < -0.39 is 0 Å². The first-order chi connectivity index (χ1) is 13.7. The Morgan fingerprint density at radius 3 is 2.86 bits per heavy atom. The van der Waals surface area contributed by atoms with Crippen LogP contribution in [0.1, 0.15) is 38.2 Å². The first kappa shape index (κ1) is 21.1. The summed E-state index contributed by atoms with van der Waals surface area (Å²) < 4.78 is 10.8. The number of benzene rings is 1. The maximum absolute atomic E-state index is 12.9. The molecule has 1 atom stereocenters. The minimum atomic E-state index is 0.168. The monoisotopic (exact) mass is 388 g/mol. The van der Waals surface area contributed by atoms with Crippen LogP contribution in [-0.4, -0.2) is 68.8 Å². The van der Waals surface area contributed by atoms with Crippen molar-refractivity contribution in [3.05, 3.63) is 29.8 Å². The Hall–Kier alpha value is -1.59. The first-order valence-electron chi connectivity index (χ1n) is 10.9. The Morgan fingerprint density at radius 2 is 2.11 bits per heavy atom. The third-order valence-electron chi connectivity index (χ3n) is 6.20. The van der Waals surface area contributed by atoms with E-state index in [0.717, 1.165) is 64.4 Å². The normalized spacial score (nSPS) is 21.4. The van der Waals surface area contributed by atoms with Crippen molar-refractivity contribution in [3.8, 4) is 5.75 Å². The molecule has 156 valence electrons. The smallest absolute Gasteiger partial charge is 0.225 e. The number of carbonyl (C=O) groups excluding carboxylic acids is 1. The van der Waals surface area contributed by atoms with Gasteiger partial charge in [0.2, 0.25) is 5.91 Å². The molecule has 3 rings (SSSR count). The fraction of sp³-hybridized carbons (Fsp3) is 0.696. The fourth-order valence-corrected chi connectivity index (χ4v) is 4.51. The first-order valence-corrected chi connectivity index (χ1v) is 10.9. The van der Waals surface area contributed by atoms with Crippen LogP contribution in [0.5, 0.6) is 5.75 Å². The van der Waals surface area contributed by atoms with Gasteiger partial charge < -0.3 is 19.3 Å². The lowest BCUT2D eigenvalue weighted by atomic mass is 9.94. The molecule has 0 saturated carbocycles. The zero-order valence-corrected chi connectivity index (χ0v) is 17.6. The molecule has 28 heavy (non-hydrogen) atoms. The molecule has 5 heteroatoms. The molecule has 0 bridgehead atoms. The van der Waals surface area contributed by atoms with Gasteiger partial charge in [-0.1, -0.05) is 12.1 Å². The summed E-state index contributed by atoms with van der Waals surface area (Å²) in [5, 5.41) is 0. The second kappa shape index (κ2) is 10.8. The van der Waals surface area contributed by atoms with E-state index in [-0.39, 0.29) is 5.92 Å². The van der Waals surface area contributed by atoms with Gasteiger partial charge in [-0.2, -0.15) is 0 Å². The van der Waals surface area contributed by atoms with Gasteiger partial charge in [0, 0.05) is 45.3 Å². The molecular formula is C23H36N2O3. The summed E-state index contributed by atoms with van der Waals surface area (Å²) in [5.74, 6) is 2.03. The molecule has 0 aromatic heterocycles. The standard InChI is InChI=1S/C23H36N2O3/c1-3-25(23(26)21-10-14-28-15-11-21)18-20-7-5-12-24(17-20)13-9-19-6-4-8-22(16-19)27-2/h4,6,8,16,20-21H,3,5,7,9-15,17-18H2,1-2H3. The molecule has 2 aliphatic heterocycles. The molecule has 1 unspecified atom stereocenters. The number of hydrogen-bond donors (Lipinski definition) is 0. The SMILES string of the molecule is CCN(CC1CCCN(CCc2cccc(OC)c2)C1)C(=O)C1CCOCC1. The van der Waals surface area contributed by atoms with Crippen LogP contribution >= 0.6 is 0 Å². The molecule has 0 radical (unpaired) electrons. The third kappa shape index (κ3) is 5.95. The molecule has 1 aromatic carbocycles. The van der Waals surface area contributed by atoms with Gasteiger partial charge >= 0.3 is 0 Å². The Labute approximate surface area is 170 Å². The number of piperidine rings is 1. The highest BCUT2D eigenvalue weighted by atomic mass is 16.5. The zero-order valence-electron chi connectivity index (χ0n) is 17.6. The second-order valence-corrected chi connectivity index (χ2v) is 8.17. The molecule has 2 heterocycles. The van der Waals surface area contributed by atoms with Gasteiger partial charge in [0.25, 0.3) is 0 Å². The molecule has 1 amide bonds. The Kier molecular flexibility index (Phi) is 8.16. The van der Waals surface area contributed by atoms with Crippen LogP contribution < -0.4 is 4.74 Å². The van der Waals surface area contributed by atoms with Crippen molar-refractivity contribution in [2.45, 2.75) is 39.0 Å². The quantitative estimate of drug-likeness (QED) is 0.686. The van der Waals surface area contributed by atoms with Crippen molar-refractivity contribution in [2.24, 2.45) is 11.8 Å². The van der Waals surface area contributed by atoms with Gasteiger partial charge in [-0.05, 0) is 69.2 Å². The van der Waals surface area contributed by atoms with Crippen LogP contribution in [0.3, 0.4) is 0 Å². The van der Waals surface area contributed by atoms with E-state index in [2.05, 4.69) is 34.9 Å². The van der Waals surface area contributed by atoms with E-state index in [1.54, 1.807) is 7.11 Å². The van der Waals surface area contributed by atoms with Crippen molar-refractivity contribution in [2.75, 3.05) is 53.0 Å². The van der Waals surface area contributed by atoms with Crippen molar-refractivity contribution < 1.29 is 14.3 Å². The molecule has 1 aromatic rings. The van der Waals surface area contributed by atoms with Gasteiger partial charge in [-0.3, -0.25) is 4.79 Å². The molecular weight excluding hydrogens is 352 g/mol. The number of rotatable bonds is 8. The number of carbonyl (C=O) groups is 1. The van der Waals surface area contributed by atoms with Crippen LogP contribution in [0.2, 0.25) is 0 Å². The minimum absolute atomic E-state index is 0.168. The van der Waals surface area contributed by atoms with Gasteiger partial charge in [-0.25, -0.2) is 0 Å². The van der Waals surface area contributed by atoms with Crippen LogP contribution in [0.15, 0.2) is 24.3 Å². The molecule has 0 spiro atoms. The van der Waals surface area contributed by atoms with E-state index >= 15 is 0 Å². The molecule has 2 aliphatic rings. The Balaban J connectivity index is 1.48. The summed E-state index contributed by atoms with van der Waals surface area (Å²) in [4.78, 5) is 17.6. The van der Waals surface area contributed by atoms with Crippen molar-refractivity contribution in [3.63, 3.8) is 0 Å². The van der Waals surface area contributed by atoms with Gasteiger partial charge in [0.05, 0.1) is 7.11 Å². The summed E-state index contributed by atoms with van der Waals surface area (Å²) >= 11 is 0. The lowest BCUT2D eigenvalue weighted by Gasteiger charge is -2.37. The number of amides is 1. The summed E-state index contributed by atoms with van der Waals surface area (Å²) in [5.41, 5.74) is 1.33. The molecule has 2 saturated heterocycles. The average molecular weight is 389 g/mol. The van der Waals surface area contributed by atoms with Crippen molar-refractivity contribution in [1.29, 1.82) is 0 Å². The lowest BCUT2D eigenvalue weighted by molar-refractivity contribution is -0.139. The Bertz CT molecular complexity index is 616. The van der Waals surface area contributed by atoms with E-state index in [0.29, 0.717) is 11.8 Å². The van der Waals surface area contributed by atoms with E-state index in [9.17, 15) is 4.79 Å². The zero-order chi connectivity index (χ0) is 19.8. The summed E-state index contributed by atoms with van der Waals surface area (Å²) in [7, 11) is 1.72. The van der Waals surface area contributed by atoms with Crippen LogP contribution in [0, 0.1) is 11.8 Å². The number of nitrogens with zero attached hydrogens (tertiary/aromatic N) is 2. The molecule has 2 fully saturated rings. The highest BCUT2D eigenvalue weighted by Crippen LogP contribution is 2.22. The maximum Gasteiger partial charge on any atom is 0.225 e. The highest BCUT2D eigenvalue weighted by molar-refractivity contribution is 5.78. The highest BCUT2D eigenvalue weighted by Gasteiger charge is 2.28. The average Bonchev–Trinajstić information content (AvgIpc) is 2.76. The number of likely N-dealkylation sites (tertiary alicyclic amines) is 1. The predicted octanol–water partition coefficient (Wildman–Crippen LogP) is 3.22. The number of ether oxygens (including phenoxy) is 2. The summed E-state index contributed by atoms with van der Waals surface area (Å²) in [6, 6.07) is 8.37. The van der Waals surface area contributed by atoms with Gasteiger partial charge in [0.15, 0.2) is 0 Å². The van der Waals surface area contributed by atoms with Gasteiger partial charge in [-0.15, -0.1) is 0 Å². The van der Waals surface area contributed by atoms with E-state index in [4.69, 9.17) is 9.47 Å². The maximum atomic E-state index is 12.9. The number of hydrogen-bond acceptors (Lipinski definition) is 4. The predicted molar refractivity (Wildman–Crippen MR) is 112 cm³/mol. The minimum Gasteiger partial charge on any atom is -0.497 e. The van der Waals surface area contributed by atoms with E-state index in [1.165, 1.54) is 24.9 Å². The fourth-order valence-electron chi connectivity index (χ4n) is 4.51. The largest absolute Gasteiger partial charge is 0.497 e. The topological polar surface area (TPSA) is 42.0 Å². The molecule has 5 nitrogen and oxygen atoms in total. The van der Waals surface area contributed by atoms with Crippen LogP contribution in [0.4, 0.5) is 0 Å². The van der Waals surface area contributed by atoms with Crippen molar-refractivity contribution >= 4 is 5.91 Å². The van der Waals surface area contributed by atoms with Gasteiger partial charge in [0.1, 0.15) is 5.75 Å². The summed E-state index contributed by atoms with van der Waals surface area (Å²) in [6.45, 7) is 8.63. The second-order valence-electron chi connectivity index (χ2n) is 8.17.